The van der Waals surface area contributed by atoms with E-state index in [0.29, 0.717) is 27.4 Å². The Bertz CT molecular complexity index is 1930. The normalized spacial score (nSPS) is 11.6. The summed E-state index contributed by atoms with van der Waals surface area (Å²) >= 11 is 1.29. The molecule has 0 fully saturated rings. The maximum atomic E-state index is 13.7. The Morgan fingerprint density at radius 3 is 2.09 bits per heavy atom. The van der Waals surface area contributed by atoms with Gasteiger partial charge in [0.15, 0.2) is 0 Å². The van der Waals surface area contributed by atoms with Gasteiger partial charge >= 0.3 is 0 Å². The first-order chi connectivity index (χ1) is 22.8. The number of carbonyl (C=O) groups excluding carboxylic acids is 3. The van der Waals surface area contributed by atoms with E-state index in [2.05, 4.69) is 16.0 Å². The molecule has 3 amide bonds. The highest BCUT2D eigenvalue weighted by atomic mass is 32.2. The van der Waals surface area contributed by atoms with E-state index in [1.165, 1.54) is 30.0 Å². The fourth-order valence-corrected chi connectivity index (χ4v) is 5.72. The number of benzene rings is 5. The molecule has 234 valence electrons. The third-order valence-electron chi connectivity index (χ3n) is 7.00. The molecule has 5 aromatic rings. The smallest absolute Gasteiger partial charge is 0.272 e. The molecule has 0 spiro atoms. The molecule has 0 heterocycles. The Labute approximate surface area is 275 Å². The van der Waals surface area contributed by atoms with Crippen molar-refractivity contribution in [2.45, 2.75) is 17.1 Å². The number of hydrogen-bond acceptors (Lipinski definition) is 6. The summed E-state index contributed by atoms with van der Waals surface area (Å²) < 4.78 is 0. The second-order valence-electron chi connectivity index (χ2n) is 10.4. The van der Waals surface area contributed by atoms with E-state index in [9.17, 15) is 24.5 Å². The van der Waals surface area contributed by atoms with Crippen molar-refractivity contribution in [3.05, 3.63) is 172 Å². The van der Waals surface area contributed by atoms with Gasteiger partial charge in [0.1, 0.15) is 10.9 Å². The topological polar surface area (TPSA) is 130 Å². The van der Waals surface area contributed by atoms with E-state index in [-0.39, 0.29) is 17.3 Å². The van der Waals surface area contributed by atoms with Crippen molar-refractivity contribution < 1.29 is 19.3 Å². The molecule has 0 saturated carbocycles. The van der Waals surface area contributed by atoms with Gasteiger partial charge in [0, 0.05) is 34.0 Å². The van der Waals surface area contributed by atoms with Crippen LogP contribution in [0.15, 0.2) is 144 Å². The van der Waals surface area contributed by atoms with Gasteiger partial charge in [0.2, 0.25) is 5.91 Å². The minimum absolute atomic E-state index is 0.0584. The molecule has 1 unspecified atom stereocenters. The van der Waals surface area contributed by atoms with E-state index in [1.807, 2.05) is 66.7 Å². The van der Waals surface area contributed by atoms with Crippen LogP contribution >= 0.6 is 11.8 Å². The molecule has 10 heteroatoms. The quantitative estimate of drug-likeness (QED) is 0.0584. The van der Waals surface area contributed by atoms with E-state index < -0.39 is 22.0 Å². The largest absolute Gasteiger partial charge is 0.325 e. The molecule has 3 N–H and O–H groups in total. The van der Waals surface area contributed by atoms with E-state index in [4.69, 9.17) is 0 Å². The van der Waals surface area contributed by atoms with Crippen molar-refractivity contribution in [3.63, 3.8) is 0 Å². The number of nitrogens with zero attached hydrogens (tertiary/aromatic N) is 1. The van der Waals surface area contributed by atoms with Gasteiger partial charge in [-0.1, -0.05) is 84.9 Å². The summed E-state index contributed by atoms with van der Waals surface area (Å²) in [6.45, 7) is 1.70. The number of non-ortho nitro benzene ring substituents is 1. The van der Waals surface area contributed by atoms with Crippen molar-refractivity contribution in [2.24, 2.45) is 0 Å². The number of amides is 3. The molecule has 47 heavy (non-hydrogen) atoms. The minimum Gasteiger partial charge on any atom is -0.325 e. The van der Waals surface area contributed by atoms with Crippen LogP contribution in [0.4, 0.5) is 17.1 Å². The molecular formula is C37H30N4O5S. The van der Waals surface area contributed by atoms with Gasteiger partial charge in [-0.05, 0) is 66.1 Å². The van der Waals surface area contributed by atoms with Crippen LogP contribution in [0.1, 0.15) is 32.3 Å². The number of nitro benzene ring substituents is 1. The van der Waals surface area contributed by atoms with Crippen LogP contribution < -0.4 is 16.0 Å². The summed E-state index contributed by atoms with van der Waals surface area (Å²) in [4.78, 5) is 51.6. The number of thioether (sulfide) groups is 1. The lowest BCUT2D eigenvalue weighted by Crippen LogP contribution is -2.30. The first-order valence-corrected chi connectivity index (χ1v) is 15.5. The van der Waals surface area contributed by atoms with E-state index >= 15 is 0 Å². The van der Waals surface area contributed by atoms with Crippen molar-refractivity contribution in [3.8, 4) is 0 Å². The molecule has 0 radical (unpaired) electrons. The number of hydrogen-bond donors (Lipinski definition) is 3. The van der Waals surface area contributed by atoms with Gasteiger partial charge in [-0.15, -0.1) is 11.8 Å². The number of rotatable bonds is 11. The molecule has 0 aliphatic carbocycles. The van der Waals surface area contributed by atoms with Crippen molar-refractivity contribution >= 4 is 52.6 Å². The fraction of sp³-hybridized carbons (Fsp3) is 0.0541. The molecule has 9 nitrogen and oxygen atoms in total. The second kappa shape index (κ2) is 15.3. The standard InChI is InChI=1S/C37H30N4O5S/c1-25-22-30(41(45)46)20-21-32(25)39-37(44)34(27-14-7-3-8-15-27)47-31-19-11-18-29(24-31)38-36(43)33(23-26-12-5-2-6-13-26)40-35(42)28-16-9-4-10-17-28/h2-24,34H,1H3,(H,38,43)(H,39,44)(H,40,42)/b33-23-. The lowest BCUT2D eigenvalue weighted by atomic mass is 10.1. The lowest BCUT2D eigenvalue weighted by Gasteiger charge is -2.18. The predicted octanol–water partition coefficient (Wildman–Crippen LogP) is 7.78. The maximum Gasteiger partial charge on any atom is 0.272 e. The zero-order valence-corrected chi connectivity index (χ0v) is 26.1. The Morgan fingerprint density at radius 2 is 1.43 bits per heavy atom. The molecule has 0 saturated heterocycles. The van der Waals surface area contributed by atoms with E-state index in [1.54, 1.807) is 61.5 Å². The van der Waals surface area contributed by atoms with Crippen molar-refractivity contribution in [1.29, 1.82) is 0 Å². The molecule has 0 aliphatic heterocycles. The average Bonchev–Trinajstić information content (AvgIpc) is 3.09. The van der Waals surface area contributed by atoms with E-state index in [0.717, 1.165) is 11.1 Å². The van der Waals surface area contributed by atoms with Gasteiger partial charge < -0.3 is 16.0 Å². The lowest BCUT2D eigenvalue weighted by molar-refractivity contribution is -0.384. The van der Waals surface area contributed by atoms with Crippen LogP contribution in [0, 0.1) is 17.0 Å². The van der Waals surface area contributed by atoms with Crippen LogP contribution in [0.5, 0.6) is 0 Å². The molecule has 0 aromatic heterocycles. The van der Waals surface area contributed by atoms with Gasteiger partial charge in [0.25, 0.3) is 17.5 Å². The average molecular weight is 643 g/mol. The Morgan fingerprint density at radius 1 is 0.766 bits per heavy atom. The zero-order valence-electron chi connectivity index (χ0n) is 25.3. The van der Waals surface area contributed by atoms with Gasteiger partial charge in [0.05, 0.1) is 4.92 Å². The minimum atomic E-state index is -0.685. The predicted molar refractivity (Wildman–Crippen MR) is 185 cm³/mol. The first kappa shape index (κ1) is 32.4. The van der Waals surface area contributed by atoms with Crippen LogP contribution in [0.3, 0.4) is 0 Å². The van der Waals surface area contributed by atoms with Crippen molar-refractivity contribution in [2.75, 3.05) is 10.6 Å². The Hall–Kier alpha value is -6.00. The molecule has 5 rings (SSSR count). The summed E-state index contributed by atoms with van der Waals surface area (Å²) in [5.74, 6) is -1.26. The SMILES string of the molecule is Cc1cc([N+](=O)[O-])ccc1NC(=O)C(Sc1cccc(NC(=O)/C(=C/c2ccccc2)NC(=O)c2ccccc2)c1)c1ccccc1. The number of aryl methyl sites for hydroxylation is 1. The van der Waals surface area contributed by atoms with Gasteiger partial charge in [-0.2, -0.15) is 0 Å². The molecule has 1 atom stereocenters. The van der Waals surface area contributed by atoms with Gasteiger partial charge in [-0.3, -0.25) is 24.5 Å². The maximum absolute atomic E-state index is 13.7. The zero-order chi connectivity index (χ0) is 33.2. The summed E-state index contributed by atoms with van der Waals surface area (Å²) in [5, 5.41) is 19.0. The summed E-state index contributed by atoms with van der Waals surface area (Å²) in [6, 6.07) is 38.4. The third-order valence-corrected chi connectivity index (χ3v) is 8.25. The number of nitro groups is 1. The van der Waals surface area contributed by atoms with Crippen LogP contribution in [0.2, 0.25) is 0 Å². The highest BCUT2D eigenvalue weighted by molar-refractivity contribution is 8.00. The number of nitrogens with one attached hydrogen (secondary N) is 3. The Kier molecular flexibility index (Phi) is 10.6. The first-order valence-electron chi connectivity index (χ1n) is 14.6. The van der Waals surface area contributed by atoms with Gasteiger partial charge in [-0.25, -0.2) is 0 Å². The highest BCUT2D eigenvalue weighted by Gasteiger charge is 2.24. The number of anilines is 2. The molecule has 0 bridgehead atoms. The van der Waals surface area contributed by atoms with Crippen LogP contribution in [-0.2, 0) is 9.59 Å². The highest BCUT2D eigenvalue weighted by Crippen LogP contribution is 2.37. The second-order valence-corrected chi connectivity index (χ2v) is 11.6. The number of carbonyl (C=O) groups is 3. The van der Waals surface area contributed by atoms with Crippen LogP contribution in [0.25, 0.3) is 6.08 Å². The molecular weight excluding hydrogens is 612 g/mol. The molecule has 5 aromatic carbocycles. The molecule has 0 aliphatic rings. The summed E-state index contributed by atoms with van der Waals surface area (Å²) in [6.07, 6.45) is 1.60. The summed E-state index contributed by atoms with van der Waals surface area (Å²) in [7, 11) is 0. The van der Waals surface area contributed by atoms with Crippen molar-refractivity contribution in [1.82, 2.24) is 5.32 Å². The summed E-state index contributed by atoms with van der Waals surface area (Å²) in [5.41, 5.74) is 3.39. The third kappa shape index (κ3) is 8.80. The Balaban J connectivity index is 1.37. The fourth-order valence-electron chi connectivity index (χ4n) is 4.64. The monoisotopic (exact) mass is 642 g/mol. The van der Waals surface area contributed by atoms with Crippen LogP contribution in [-0.4, -0.2) is 22.6 Å².